The molecule has 0 saturated carbocycles. The van der Waals surface area contributed by atoms with E-state index in [-0.39, 0.29) is 11.8 Å². The summed E-state index contributed by atoms with van der Waals surface area (Å²) in [5.74, 6) is 0.560. The van der Waals surface area contributed by atoms with Crippen LogP contribution >= 0.6 is 0 Å². The second-order valence-electron chi connectivity index (χ2n) is 7.53. The van der Waals surface area contributed by atoms with Crippen LogP contribution in [0.15, 0.2) is 30.6 Å². The van der Waals surface area contributed by atoms with Crippen LogP contribution < -0.4 is 4.72 Å². The van der Waals surface area contributed by atoms with Crippen molar-refractivity contribution in [3.05, 3.63) is 30.6 Å². The normalized spacial score (nSPS) is 17.6. The lowest BCUT2D eigenvalue weighted by atomic mass is 10.0. The van der Waals surface area contributed by atoms with Gasteiger partial charge in [0.25, 0.3) is 0 Å². The average molecular weight is 395 g/mol. The van der Waals surface area contributed by atoms with Gasteiger partial charge < -0.3 is 9.30 Å². The third-order valence-electron chi connectivity index (χ3n) is 4.97. The molecule has 150 valence electrons. The van der Waals surface area contributed by atoms with Crippen LogP contribution in [-0.2, 0) is 21.3 Å². The number of ether oxygens (including phenoxy) is 1. The van der Waals surface area contributed by atoms with Crippen LogP contribution in [0.3, 0.4) is 0 Å². The number of para-hydroxylation sites is 2. The van der Waals surface area contributed by atoms with Crippen molar-refractivity contribution in [2.45, 2.75) is 32.9 Å². The number of hydrogen-bond acceptors (Lipinski definition) is 5. The fourth-order valence-electron chi connectivity index (χ4n) is 3.55. The molecule has 0 spiro atoms. The first-order valence-electron chi connectivity index (χ1n) is 9.63. The van der Waals surface area contributed by atoms with Gasteiger partial charge in [-0.2, -0.15) is 0 Å². The molecule has 0 unspecified atom stereocenters. The maximum absolute atomic E-state index is 12.5. The first-order chi connectivity index (χ1) is 12.9. The van der Waals surface area contributed by atoms with Gasteiger partial charge in [-0.25, -0.2) is 18.1 Å². The molecule has 0 bridgehead atoms. The minimum Gasteiger partial charge on any atom is -0.379 e. The molecule has 0 radical (unpaired) electrons. The Labute approximate surface area is 161 Å². The van der Waals surface area contributed by atoms with E-state index in [9.17, 15) is 8.42 Å². The molecule has 1 aliphatic rings. The molecule has 2 heterocycles. The van der Waals surface area contributed by atoms with E-state index in [1.54, 1.807) is 6.33 Å². The Kier molecular flexibility index (Phi) is 6.86. The monoisotopic (exact) mass is 394 g/mol. The lowest BCUT2D eigenvalue weighted by Gasteiger charge is -2.35. The number of benzene rings is 1. The first kappa shape index (κ1) is 20.3. The molecule has 1 aromatic heterocycles. The van der Waals surface area contributed by atoms with Crippen molar-refractivity contribution in [3.63, 3.8) is 0 Å². The molecule has 27 heavy (non-hydrogen) atoms. The quantitative estimate of drug-likeness (QED) is 0.701. The number of sulfonamides is 1. The van der Waals surface area contributed by atoms with Crippen molar-refractivity contribution < 1.29 is 13.2 Å². The molecule has 1 atom stereocenters. The summed E-state index contributed by atoms with van der Waals surface area (Å²) < 4.78 is 35.2. The zero-order valence-corrected chi connectivity index (χ0v) is 17.0. The minimum absolute atomic E-state index is 0.0465. The molecular formula is C19H30N4O3S. The molecule has 0 aliphatic carbocycles. The van der Waals surface area contributed by atoms with Gasteiger partial charge in [0, 0.05) is 32.2 Å². The van der Waals surface area contributed by atoms with Crippen LogP contribution in [0.2, 0.25) is 0 Å². The third-order valence-corrected chi connectivity index (χ3v) is 6.30. The summed E-state index contributed by atoms with van der Waals surface area (Å²) in [4.78, 5) is 6.66. The summed E-state index contributed by atoms with van der Waals surface area (Å²) in [5, 5.41) is 0. The summed E-state index contributed by atoms with van der Waals surface area (Å²) in [6, 6.07) is 7.96. The van der Waals surface area contributed by atoms with Gasteiger partial charge >= 0.3 is 0 Å². The molecule has 7 nitrogen and oxygen atoms in total. The van der Waals surface area contributed by atoms with Crippen molar-refractivity contribution in [3.8, 4) is 0 Å². The molecule has 8 heteroatoms. The highest BCUT2D eigenvalue weighted by Crippen LogP contribution is 2.14. The van der Waals surface area contributed by atoms with E-state index in [2.05, 4.69) is 28.5 Å². The van der Waals surface area contributed by atoms with Gasteiger partial charge in [-0.05, 0) is 24.5 Å². The lowest BCUT2D eigenvalue weighted by Crippen LogP contribution is -2.49. The number of imidazole rings is 1. The Morgan fingerprint density at radius 2 is 1.96 bits per heavy atom. The highest BCUT2D eigenvalue weighted by atomic mass is 32.2. The van der Waals surface area contributed by atoms with Gasteiger partial charge in [0.1, 0.15) is 0 Å². The summed E-state index contributed by atoms with van der Waals surface area (Å²) >= 11 is 0. The standard InChI is InChI=1S/C19H30N4O3S/c1-16(2)13-17(22-7-10-26-11-8-22)14-21-27(24,25)12-9-23-15-20-18-5-3-4-6-19(18)23/h3-6,15-17,21H,7-14H2,1-2H3/t17-/m0/s1. The van der Waals surface area contributed by atoms with E-state index in [4.69, 9.17) is 4.74 Å². The van der Waals surface area contributed by atoms with Crippen LogP contribution in [0.1, 0.15) is 20.3 Å². The fourth-order valence-corrected chi connectivity index (χ4v) is 4.58. The molecular weight excluding hydrogens is 364 g/mol. The van der Waals surface area contributed by atoms with Gasteiger partial charge in [0.15, 0.2) is 0 Å². The molecule has 1 fully saturated rings. The summed E-state index contributed by atoms with van der Waals surface area (Å²) in [6.07, 6.45) is 2.67. The van der Waals surface area contributed by atoms with Gasteiger partial charge in [0.05, 0.1) is 36.3 Å². The molecule has 1 saturated heterocycles. The predicted octanol–water partition coefficient (Wildman–Crippen LogP) is 1.70. The van der Waals surface area contributed by atoms with Crippen molar-refractivity contribution in [1.82, 2.24) is 19.2 Å². The van der Waals surface area contributed by atoms with Gasteiger partial charge in [-0.15, -0.1) is 0 Å². The van der Waals surface area contributed by atoms with E-state index in [0.717, 1.165) is 43.8 Å². The number of nitrogens with one attached hydrogen (secondary N) is 1. The molecule has 1 N–H and O–H groups in total. The Hall–Kier alpha value is -1.48. The van der Waals surface area contributed by atoms with Crippen molar-refractivity contribution >= 4 is 21.1 Å². The number of aromatic nitrogens is 2. The SMILES string of the molecule is CC(C)C[C@@H](CNS(=O)(=O)CCn1cnc2ccccc21)N1CCOCC1. The highest BCUT2D eigenvalue weighted by Gasteiger charge is 2.23. The Morgan fingerprint density at radius 1 is 1.22 bits per heavy atom. The zero-order valence-electron chi connectivity index (χ0n) is 16.2. The summed E-state index contributed by atoms with van der Waals surface area (Å²) in [7, 11) is -3.35. The number of morpholine rings is 1. The number of aryl methyl sites for hydroxylation is 1. The average Bonchev–Trinajstić information content (AvgIpc) is 3.07. The first-order valence-corrected chi connectivity index (χ1v) is 11.3. The Morgan fingerprint density at radius 3 is 2.70 bits per heavy atom. The minimum atomic E-state index is -3.35. The second kappa shape index (κ2) is 9.14. The molecule has 3 rings (SSSR count). The van der Waals surface area contributed by atoms with E-state index in [1.807, 2.05) is 28.8 Å². The Bertz CT molecular complexity index is 828. The van der Waals surface area contributed by atoms with Gasteiger partial charge in [0.2, 0.25) is 10.0 Å². The smallest absolute Gasteiger partial charge is 0.213 e. The van der Waals surface area contributed by atoms with Crippen LogP contribution in [0.25, 0.3) is 11.0 Å². The van der Waals surface area contributed by atoms with Gasteiger partial charge in [-0.1, -0.05) is 26.0 Å². The maximum Gasteiger partial charge on any atom is 0.213 e. The van der Waals surface area contributed by atoms with Gasteiger partial charge in [-0.3, -0.25) is 4.90 Å². The molecule has 0 amide bonds. The summed E-state index contributed by atoms with van der Waals surface area (Å²) in [6.45, 7) is 8.34. The molecule has 1 aliphatic heterocycles. The zero-order chi connectivity index (χ0) is 19.3. The predicted molar refractivity (Wildman–Crippen MR) is 107 cm³/mol. The van der Waals surface area contributed by atoms with E-state index in [1.165, 1.54) is 0 Å². The molecule has 2 aromatic rings. The van der Waals surface area contributed by atoms with Crippen LogP contribution in [0.5, 0.6) is 0 Å². The maximum atomic E-state index is 12.5. The van der Waals surface area contributed by atoms with Crippen LogP contribution in [-0.4, -0.2) is 67.5 Å². The number of hydrogen-bond donors (Lipinski definition) is 1. The summed E-state index contributed by atoms with van der Waals surface area (Å²) in [5.41, 5.74) is 1.84. The van der Waals surface area contributed by atoms with Crippen LogP contribution in [0.4, 0.5) is 0 Å². The second-order valence-corrected chi connectivity index (χ2v) is 9.45. The van der Waals surface area contributed by atoms with E-state index < -0.39 is 10.0 Å². The van der Waals surface area contributed by atoms with Crippen molar-refractivity contribution in [2.24, 2.45) is 5.92 Å². The fraction of sp³-hybridized carbons (Fsp3) is 0.632. The van der Waals surface area contributed by atoms with Crippen molar-refractivity contribution in [2.75, 3.05) is 38.6 Å². The number of rotatable bonds is 9. The Balaban J connectivity index is 1.57. The highest BCUT2D eigenvalue weighted by molar-refractivity contribution is 7.89. The van der Waals surface area contributed by atoms with Crippen LogP contribution in [0, 0.1) is 5.92 Å². The number of nitrogens with zero attached hydrogens (tertiary/aromatic N) is 3. The topological polar surface area (TPSA) is 76.5 Å². The van der Waals surface area contributed by atoms with E-state index >= 15 is 0 Å². The third kappa shape index (κ3) is 5.75. The van der Waals surface area contributed by atoms with E-state index in [0.29, 0.717) is 19.0 Å². The number of fused-ring (bicyclic) bond motifs is 1. The largest absolute Gasteiger partial charge is 0.379 e. The van der Waals surface area contributed by atoms with Crippen molar-refractivity contribution in [1.29, 1.82) is 0 Å². The lowest BCUT2D eigenvalue weighted by molar-refractivity contribution is 0.0134. The molecule has 1 aromatic carbocycles.